The number of carbonyl (C=O) groups excluding carboxylic acids is 1. The fourth-order valence-electron chi connectivity index (χ4n) is 3.03. The van der Waals surface area contributed by atoms with Crippen molar-refractivity contribution < 1.29 is 9.18 Å². The summed E-state index contributed by atoms with van der Waals surface area (Å²) in [4.78, 5) is 14.0. The third-order valence-corrected chi connectivity index (χ3v) is 4.29. The molecule has 0 unspecified atom stereocenters. The largest absolute Gasteiger partial charge is 0.312 e. The van der Waals surface area contributed by atoms with Gasteiger partial charge in [0.05, 0.1) is 18.7 Å². The fraction of sp³-hybridized carbons (Fsp3) is 0.474. The minimum absolute atomic E-state index is 0.116. The number of amides is 1. The average Bonchev–Trinajstić information content (AvgIpc) is 2.98. The van der Waals surface area contributed by atoms with Crippen LogP contribution in [0.1, 0.15) is 32.3 Å². The number of benzene rings is 1. The maximum atomic E-state index is 13.0. The first-order valence-electron chi connectivity index (χ1n) is 8.02. The Morgan fingerprint density at radius 1 is 1.38 bits per heavy atom. The number of halogens is 1. The molecule has 2 atom stereocenters. The van der Waals surface area contributed by atoms with Crippen LogP contribution in [0.3, 0.4) is 0 Å². The van der Waals surface area contributed by atoms with Gasteiger partial charge in [0.15, 0.2) is 0 Å². The zero-order valence-corrected chi connectivity index (χ0v) is 14.1. The van der Waals surface area contributed by atoms with E-state index in [1.54, 1.807) is 12.1 Å². The van der Waals surface area contributed by atoms with Gasteiger partial charge in [-0.05, 0) is 50.8 Å². The van der Waals surface area contributed by atoms with Crippen molar-refractivity contribution in [2.24, 2.45) is 0 Å². The maximum Gasteiger partial charge on any atom is 0.238 e. The van der Waals surface area contributed by atoms with Gasteiger partial charge in [-0.2, -0.15) is 5.26 Å². The minimum atomic E-state index is -0.444. The Labute approximate surface area is 142 Å². The Balaban J connectivity index is 1.95. The van der Waals surface area contributed by atoms with Crippen LogP contribution in [-0.4, -0.2) is 35.0 Å². The molecule has 0 radical (unpaired) electrons. The van der Waals surface area contributed by atoms with Crippen molar-refractivity contribution in [1.82, 2.24) is 10.2 Å². The van der Waals surface area contributed by atoms with E-state index in [2.05, 4.69) is 17.3 Å². The molecule has 2 rings (SSSR count). The van der Waals surface area contributed by atoms with E-state index in [1.807, 2.05) is 13.8 Å². The lowest BCUT2D eigenvalue weighted by Gasteiger charge is -2.29. The van der Waals surface area contributed by atoms with Gasteiger partial charge in [0.1, 0.15) is 11.9 Å². The average molecular weight is 327 g/mol. The van der Waals surface area contributed by atoms with Crippen molar-refractivity contribution in [3.63, 3.8) is 0 Å². The molecule has 126 valence electrons. The van der Waals surface area contributed by atoms with E-state index in [-0.39, 0.29) is 29.8 Å². The Morgan fingerprint density at radius 2 is 2.00 bits per heavy atom. The second kappa shape index (κ2) is 7.47. The van der Waals surface area contributed by atoms with Crippen molar-refractivity contribution >= 4 is 5.91 Å². The molecule has 0 saturated carbocycles. The summed E-state index contributed by atoms with van der Waals surface area (Å²) in [7, 11) is 0. The lowest BCUT2D eigenvalue weighted by atomic mass is 9.95. The Kier molecular flexibility index (Phi) is 5.59. The fourth-order valence-corrected chi connectivity index (χ4v) is 3.03. The first kappa shape index (κ1) is 18.0. The highest BCUT2D eigenvalue weighted by Crippen LogP contribution is 2.23. The number of rotatable bonds is 5. The van der Waals surface area contributed by atoms with Crippen LogP contribution >= 0.6 is 0 Å². The van der Waals surface area contributed by atoms with E-state index in [4.69, 9.17) is 6.42 Å². The van der Waals surface area contributed by atoms with Gasteiger partial charge in [0.25, 0.3) is 0 Å². The number of carbonyl (C=O) groups is 1. The predicted octanol–water partition coefficient (Wildman–Crippen LogP) is 2.25. The number of terminal acetylenes is 1. The highest BCUT2D eigenvalue weighted by atomic mass is 19.1. The van der Waals surface area contributed by atoms with Crippen LogP contribution in [0.2, 0.25) is 0 Å². The summed E-state index contributed by atoms with van der Waals surface area (Å²) in [6, 6.07) is 7.73. The number of hydrogen-bond acceptors (Lipinski definition) is 3. The number of nitrogens with zero attached hydrogens (tertiary/aromatic N) is 2. The van der Waals surface area contributed by atoms with Crippen LogP contribution < -0.4 is 5.32 Å². The second-order valence-electron chi connectivity index (χ2n) is 6.75. The summed E-state index contributed by atoms with van der Waals surface area (Å²) in [5.74, 6) is 2.17. The molecule has 1 aliphatic heterocycles. The van der Waals surface area contributed by atoms with Crippen LogP contribution in [0.4, 0.5) is 4.39 Å². The molecule has 1 fully saturated rings. The molecule has 0 aromatic heterocycles. The van der Waals surface area contributed by atoms with Gasteiger partial charge in [-0.3, -0.25) is 4.79 Å². The normalized spacial score (nSPS) is 20.5. The highest BCUT2D eigenvalue weighted by Gasteiger charge is 2.36. The molecule has 0 spiro atoms. The summed E-state index contributed by atoms with van der Waals surface area (Å²) in [6.07, 6.45) is 7.41. The number of hydrogen-bond donors (Lipinski definition) is 1. The minimum Gasteiger partial charge on any atom is -0.312 e. The first-order chi connectivity index (χ1) is 11.4. The monoisotopic (exact) mass is 327 g/mol. The SMILES string of the molecule is C#C[C@H]1CC[C@@H](C#N)N1C(=O)CNC(C)(C)Cc1ccc(F)cc1. The molecule has 1 aromatic carbocycles. The molecule has 5 heteroatoms. The van der Waals surface area contributed by atoms with E-state index in [0.717, 1.165) is 5.56 Å². The van der Waals surface area contributed by atoms with Crippen molar-refractivity contribution in [3.05, 3.63) is 35.6 Å². The molecule has 0 aliphatic carbocycles. The summed E-state index contributed by atoms with van der Waals surface area (Å²) in [5.41, 5.74) is 0.639. The Morgan fingerprint density at radius 3 is 2.58 bits per heavy atom. The van der Waals surface area contributed by atoms with Gasteiger partial charge in [-0.25, -0.2) is 4.39 Å². The molecule has 1 aromatic rings. The van der Waals surface area contributed by atoms with E-state index in [1.165, 1.54) is 17.0 Å². The van der Waals surface area contributed by atoms with E-state index >= 15 is 0 Å². The second-order valence-corrected chi connectivity index (χ2v) is 6.75. The third kappa shape index (κ3) is 4.34. The van der Waals surface area contributed by atoms with E-state index in [9.17, 15) is 14.4 Å². The smallest absolute Gasteiger partial charge is 0.238 e. The summed E-state index contributed by atoms with van der Waals surface area (Å²) in [6.45, 7) is 4.08. The predicted molar refractivity (Wildman–Crippen MR) is 90.3 cm³/mol. The van der Waals surface area contributed by atoms with Gasteiger partial charge in [-0.15, -0.1) is 6.42 Å². The van der Waals surface area contributed by atoms with Gasteiger partial charge < -0.3 is 10.2 Å². The molecule has 1 saturated heterocycles. The summed E-state index contributed by atoms with van der Waals surface area (Å²) in [5, 5.41) is 12.4. The Bertz CT molecular complexity index is 647. The van der Waals surface area contributed by atoms with Gasteiger partial charge >= 0.3 is 0 Å². The molecule has 1 amide bonds. The zero-order valence-electron chi connectivity index (χ0n) is 14.1. The number of nitriles is 1. The lowest BCUT2D eigenvalue weighted by molar-refractivity contribution is -0.131. The highest BCUT2D eigenvalue weighted by molar-refractivity contribution is 5.80. The van der Waals surface area contributed by atoms with Crippen molar-refractivity contribution in [2.45, 2.75) is 50.7 Å². The standard InChI is InChI=1S/C19H22FN3O/c1-4-16-9-10-17(12-21)23(16)18(24)13-22-19(2,3)11-14-5-7-15(20)8-6-14/h1,5-8,16-17,22H,9-11,13H2,2-3H3/t16-,17-/m0/s1. The van der Waals surface area contributed by atoms with Gasteiger partial charge in [0.2, 0.25) is 5.91 Å². The molecule has 4 nitrogen and oxygen atoms in total. The van der Waals surface area contributed by atoms with Gasteiger partial charge in [-0.1, -0.05) is 18.1 Å². The van der Waals surface area contributed by atoms with Crippen LogP contribution in [-0.2, 0) is 11.2 Å². The molecule has 1 N–H and O–H groups in total. The van der Waals surface area contributed by atoms with Crippen molar-refractivity contribution in [2.75, 3.05) is 6.54 Å². The summed E-state index contributed by atoms with van der Waals surface area (Å²) >= 11 is 0. The molecule has 1 heterocycles. The lowest BCUT2D eigenvalue weighted by Crippen LogP contribution is -2.50. The Hall–Kier alpha value is -2.37. The van der Waals surface area contributed by atoms with Gasteiger partial charge in [0, 0.05) is 5.54 Å². The van der Waals surface area contributed by atoms with E-state index < -0.39 is 6.04 Å². The first-order valence-corrected chi connectivity index (χ1v) is 8.02. The summed E-state index contributed by atoms with van der Waals surface area (Å²) < 4.78 is 13.0. The molecular formula is C19H22FN3O. The molecule has 1 aliphatic rings. The molecule has 0 bridgehead atoms. The number of likely N-dealkylation sites (tertiary alicyclic amines) is 1. The van der Waals surface area contributed by atoms with Crippen molar-refractivity contribution in [1.29, 1.82) is 5.26 Å². The molecular weight excluding hydrogens is 305 g/mol. The van der Waals surface area contributed by atoms with Crippen molar-refractivity contribution in [3.8, 4) is 18.4 Å². The molecule has 24 heavy (non-hydrogen) atoms. The van der Waals surface area contributed by atoms with E-state index in [0.29, 0.717) is 19.3 Å². The quantitative estimate of drug-likeness (QED) is 0.844. The van der Waals surface area contributed by atoms with Crippen LogP contribution in [0.15, 0.2) is 24.3 Å². The van der Waals surface area contributed by atoms with Crippen LogP contribution in [0, 0.1) is 29.5 Å². The zero-order chi connectivity index (χ0) is 17.7. The van der Waals surface area contributed by atoms with Crippen LogP contribution in [0.25, 0.3) is 0 Å². The topological polar surface area (TPSA) is 56.1 Å². The third-order valence-electron chi connectivity index (χ3n) is 4.29. The maximum absolute atomic E-state index is 13.0. The van der Waals surface area contributed by atoms with Crippen LogP contribution in [0.5, 0.6) is 0 Å². The number of nitrogens with one attached hydrogen (secondary N) is 1.